The first-order valence-corrected chi connectivity index (χ1v) is 5.13. The molecule has 0 aliphatic rings. The molecule has 0 fully saturated rings. The maximum Gasteiger partial charge on any atom is 0.367 e. The number of nitrogens with zero attached hydrogens (tertiary/aromatic N) is 1. The van der Waals surface area contributed by atoms with E-state index >= 15 is 0 Å². The maximum atomic E-state index is 10.8. The van der Waals surface area contributed by atoms with Gasteiger partial charge in [-0.3, -0.25) is 4.79 Å². The molecule has 2 N–H and O–H groups in total. The molecule has 1 aromatic heterocycles. The Morgan fingerprint density at radius 2 is 2.00 bits per heavy atom. The van der Waals surface area contributed by atoms with Crippen LogP contribution < -0.4 is 5.44 Å². The molecule has 0 unspecified atom stereocenters. The minimum atomic E-state index is -3.01. The second kappa shape index (κ2) is 5.75. The van der Waals surface area contributed by atoms with E-state index in [1.54, 1.807) is 0 Å². The van der Waals surface area contributed by atoms with E-state index < -0.39 is 20.0 Å². The average Bonchev–Trinajstić information content (AvgIpc) is 2.20. The van der Waals surface area contributed by atoms with Crippen molar-refractivity contribution in [1.29, 1.82) is 0 Å². The lowest BCUT2D eigenvalue weighted by Gasteiger charge is -2.07. The summed E-state index contributed by atoms with van der Waals surface area (Å²) < 4.78 is 21.6. The number of hydrogen-bond donors (Lipinski definition) is 2. The number of aromatic hydroxyl groups is 1. The number of aryl methyl sites for hydroxylation is 1. The van der Waals surface area contributed by atoms with Crippen molar-refractivity contribution >= 4 is 31.8 Å². The Morgan fingerprint density at radius 1 is 1.44 bits per heavy atom. The van der Waals surface area contributed by atoms with E-state index in [9.17, 15) is 19.0 Å². The van der Waals surface area contributed by atoms with Crippen LogP contribution in [0.2, 0.25) is 0 Å². The van der Waals surface area contributed by atoms with E-state index in [0.29, 0.717) is 0 Å². The summed E-state index contributed by atoms with van der Waals surface area (Å²) in [7, 11) is -3.01. The van der Waals surface area contributed by atoms with Gasteiger partial charge in [0.15, 0.2) is 11.7 Å². The Labute approximate surface area is 97.6 Å². The van der Waals surface area contributed by atoms with Crippen LogP contribution in [0.1, 0.15) is 21.6 Å². The van der Waals surface area contributed by atoms with Gasteiger partial charge in [0.25, 0.3) is 0 Å². The van der Waals surface area contributed by atoms with Crippen molar-refractivity contribution in [1.82, 2.24) is 4.98 Å². The zero-order valence-corrected chi connectivity index (χ0v) is 9.92. The van der Waals surface area contributed by atoms with Crippen LogP contribution in [0.4, 0.5) is 0 Å². The fraction of sp³-hybridized carbons (Fsp3) is 0.250. The van der Waals surface area contributed by atoms with E-state index in [0.717, 1.165) is 0 Å². The molecular weight excluding hydrogens is 257 g/mol. The molecule has 0 aliphatic heterocycles. The fourth-order valence-corrected chi connectivity index (χ4v) is 1.81. The zero-order chi connectivity index (χ0) is 11.6. The van der Waals surface area contributed by atoms with Crippen LogP contribution in [0, 0.1) is 6.92 Å². The van der Waals surface area contributed by atoms with Crippen LogP contribution in [0.25, 0.3) is 0 Å². The number of hydrogen-bond acceptors (Lipinski definition) is 6. The molecule has 0 aliphatic carbocycles. The number of aromatic nitrogens is 1. The minimum Gasteiger partial charge on any atom is -0.505 e. The topological polar surface area (TPSA) is 105 Å². The average molecular weight is 266 g/mol. The normalized spacial score (nSPS) is 9.38. The molecule has 0 bridgehead atoms. The molecule has 6 nitrogen and oxygen atoms in total. The van der Waals surface area contributed by atoms with E-state index in [1.165, 1.54) is 6.92 Å². The number of aliphatic hydroxyl groups excluding tert-OH is 1. The highest BCUT2D eigenvalue weighted by Gasteiger charge is 2.19. The summed E-state index contributed by atoms with van der Waals surface area (Å²) in [5.41, 5.74) is -0.767. The Bertz CT molecular complexity index is 478. The molecule has 1 heterocycles. The Balaban J connectivity index is 0.00000225. The molecule has 1 aromatic rings. The summed E-state index contributed by atoms with van der Waals surface area (Å²) in [6, 6.07) is 0. The number of aldehydes is 1. The van der Waals surface area contributed by atoms with Crippen molar-refractivity contribution in [3.63, 3.8) is 0 Å². The SMILES string of the molecule is Cc1nc(P(=O)=O)c(CO)c(C=O)c1O.Cl. The third-order valence-electron chi connectivity index (χ3n) is 1.92. The molecule has 8 heteroatoms. The molecule has 0 radical (unpaired) electrons. The van der Waals surface area contributed by atoms with E-state index in [4.69, 9.17) is 5.11 Å². The molecule has 16 heavy (non-hydrogen) atoms. The van der Waals surface area contributed by atoms with Gasteiger partial charge in [0, 0.05) is 5.56 Å². The van der Waals surface area contributed by atoms with Crippen molar-refractivity contribution in [2.24, 2.45) is 0 Å². The Kier molecular flexibility index (Phi) is 5.30. The van der Waals surface area contributed by atoms with Crippen LogP contribution in [-0.4, -0.2) is 21.5 Å². The number of pyridine rings is 1. The molecule has 0 amide bonds. The van der Waals surface area contributed by atoms with Gasteiger partial charge in [0.2, 0.25) is 0 Å². The molecule has 88 valence electrons. The summed E-state index contributed by atoms with van der Waals surface area (Å²) in [4.78, 5) is 14.2. The monoisotopic (exact) mass is 265 g/mol. The van der Waals surface area contributed by atoms with E-state index in [-0.39, 0.29) is 40.9 Å². The van der Waals surface area contributed by atoms with Crippen molar-refractivity contribution in [3.05, 3.63) is 16.8 Å². The summed E-state index contributed by atoms with van der Waals surface area (Å²) in [5, 5.41) is 18.3. The zero-order valence-electron chi connectivity index (χ0n) is 8.21. The number of aliphatic hydroxyl groups is 1. The summed E-state index contributed by atoms with van der Waals surface area (Å²) in [5.74, 6) is -0.408. The van der Waals surface area contributed by atoms with Crippen molar-refractivity contribution in [2.75, 3.05) is 0 Å². The second-order valence-corrected chi connectivity index (χ2v) is 3.73. The summed E-state index contributed by atoms with van der Waals surface area (Å²) >= 11 is 0. The highest BCUT2D eigenvalue weighted by molar-refractivity contribution is 7.40. The van der Waals surface area contributed by atoms with Gasteiger partial charge in [0.1, 0.15) is 5.75 Å². The first kappa shape index (κ1) is 14.8. The molecule has 0 atom stereocenters. The van der Waals surface area contributed by atoms with Gasteiger partial charge in [-0.1, -0.05) is 0 Å². The van der Waals surface area contributed by atoms with Crippen LogP contribution in [0.15, 0.2) is 0 Å². The third kappa shape index (κ3) is 2.47. The standard InChI is InChI=1S/C8H8NO5P.ClH/c1-4-7(12)5(2-10)6(3-11)8(9-4)15(13)14;/h2,11-12H,3H2,1H3;1H. The first-order chi connectivity index (χ1) is 7.02. The van der Waals surface area contributed by atoms with Gasteiger partial charge in [-0.2, -0.15) is 0 Å². The van der Waals surface area contributed by atoms with Crippen molar-refractivity contribution in [3.8, 4) is 5.75 Å². The summed E-state index contributed by atoms with van der Waals surface area (Å²) in [6.07, 6.45) is 0.290. The van der Waals surface area contributed by atoms with Gasteiger partial charge in [-0.05, 0) is 6.92 Å². The predicted octanol–water partition coefficient (Wildman–Crippen LogP) is 0.620. The molecular formula is C8H9ClNO5P. The van der Waals surface area contributed by atoms with Crippen LogP contribution in [0.5, 0.6) is 5.75 Å². The van der Waals surface area contributed by atoms with Gasteiger partial charge < -0.3 is 10.2 Å². The number of carbonyl (C=O) groups excluding carboxylic acids is 1. The molecule has 1 rings (SSSR count). The largest absolute Gasteiger partial charge is 0.505 e. The summed E-state index contributed by atoms with van der Waals surface area (Å²) in [6.45, 7) is 0.694. The highest BCUT2D eigenvalue weighted by Crippen LogP contribution is 2.23. The lowest BCUT2D eigenvalue weighted by molar-refractivity contribution is 0.111. The lowest BCUT2D eigenvalue weighted by Crippen LogP contribution is -2.14. The molecule has 0 spiro atoms. The van der Waals surface area contributed by atoms with Crippen LogP contribution in [-0.2, 0) is 15.7 Å². The molecule has 0 saturated carbocycles. The Hall–Kier alpha value is -1.23. The van der Waals surface area contributed by atoms with Crippen LogP contribution >= 0.6 is 20.1 Å². The number of halogens is 1. The van der Waals surface area contributed by atoms with Gasteiger partial charge in [-0.25, -0.2) is 14.1 Å². The molecule has 0 saturated heterocycles. The first-order valence-electron chi connectivity index (χ1n) is 3.95. The lowest BCUT2D eigenvalue weighted by atomic mass is 10.1. The quantitative estimate of drug-likeness (QED) is 0.613. The smallest absolute Gasteiger partial charge is 0.367 e. The second-order valence-electron chi connectivity index (χ2n) is 2.79. The van der Waals surface area contributed by atoms with Gasteiger partial charge in [-0.15, -0.1) is 12.4 Å². The maximum absolute atomic E-state index is 10.8. The van der Waals surface area contributed by atoms with Crippen molar-refractivity contribution < 1.29 is 24.1 Å². The van der Waals surface area contributed by atoms with E-state index in [2.05, 4.69) is 4.98 Å². The minimum absolute atomic E-state index is 0. The highest BCUT2D eigenvalue weighted by atomic mass is 35.5. The van der Waals surface area contributed by atoms with Crippen molar-refractivity contribution in [2.45, 2.75) is 13.5 Å². The predicted molar refractivity (Wildman–Crippen MR) is 57.1 cm³/mol. The van der Waals surface area contributed by atoms with Crippen LogP contribution in [0.3, 0.4) is 0 Å². The number of carbonyl (C=O) groups is 1. The van der Waals surface area contributed by atoms with Gasteiger partial charge >= 0.3 is 7.68 Å². The number of rotatable bonds is 3. The Morgan fingerprint density at radius 3 is 2.38 bits per heavy atom. The molecule has 0 aromatic carbocycles. The third-order valence-corrected chi connectivity index (χ3v) is 2.63. The van der Waals surface area contributed by atoms with Gasteiger partial charge in [0.05, 0.1) is 17.9 Å². The fourth-order valence-electron chi connectivity index (χ4n) is 1.17. The van der Waals surface area contributed by atoms with E-state index in [1.807, 2.05) is 0 Å².